The van der Waals surface area contributed by atoms with Crippen molar-refractivity contribution in [2.75, 3.05) is 12.3 Å². The molecule has 0 unspecified atom stereocenters. The first-order chi connectivity index (χ1) is 10.5. The molecular weight excluding hydrogens is 288 g/mol. The number of aliphatic hydroxyl groups excluding tert-OH is 2. The highest BCUT2D eigenvalue weighted by molar-refractivity contribution is 5.83. The molecule has 115 valence electrons. The fraction of sp³-hybridized carbons (Fsp3) is 0.357. The molecule has 1 fully saturated rings. The second kappa shape index (κ2) is 5.46. The molecule has 8 nitrogen and oxygen atoms in total. The molecule has 3 heterocycles. The van der Waals surface area contributed by atoms with Gasteiger partial charge in [0.2, 0.25) is 5.95 Å². The van der Waals surface area contributed by atoms with Gasteiger partial charge in [-0.15, -0.1) is 0 Å². The van der Waals surface area contributed by atoms with Crippen LogP contribution in [0.2, 0.25) is 0 Å². The van der Waals surface area contributed by atoms with Gasteiger partial charge in [-0.1, -0.05) is 11.8 Å². The van der Waals surface area contributed by atoms with E-state index >= 15 is 0 Å². The molecule has 0 aliphatic carbocycles. The van der Waals surface area contributed by atoms with Crippen LogP contribution >= 0.6 is 0 Å². The average molecular weight is 303 g/mol. The molecule has 3 atom stereocenters. The van der Waals surface area contributed by atoms with Crippen LogP contribution in [-0.2, 0) is 4.74 Å². The van der Waals surface area contributed by atoms with Gasteiger partial charge in [0.1, 0.15) is 18.0 Å². The molecule has 1 aliphatic rings. The summed E-state index contributed by atoms with van der Waals surface area (Å²) >= 11 is 0. The summed E-state index contributed by atoms with van der Waals surface area (Å²) in [4.78, 5) is 18.6. The van der Waals surface area contributed by atoms with Gasteiger partial charge in [0.25, 0.3) is 5.56 Å². The number of nitrogens with two attached hydrogens (primary N) is 1. The van der Waals surface area contributed by atoms with E-state index in [2.05, 4.69) is 28.7 Å². The van der Waals surface area contributed by atoms with Gasteiger partial charge in [0.15, 0.2) is 0 Å². The molecule has 1 radical (unpaired) electrons. The number of aromatic nitrogens is 3. The van der Waals surface area contributed by atoms with Crippen LogP contribution in [-0.4, -0.2) is 43.6 Å². The lowest BCUT2D eigenvalue weighted by Crippen LogP contribution is -2.24. The second-order valence-electron chi connectivity index (χ2n) is 5.02. The molecule has 0 aromatic carbocycles. The van der Waals surface area contributed by atoms with Crippen molar-refractivity contribution in [3.63, 3.8) is 0 Å². The van der Waals surface area contributed by atoms with Crippen LogP contribution in [0.3, 0.4) is 0 Å². The zero-order valence-corrected chi connectivity index (χ0v) is 11.6. The monoisotopic (exact) mass is 303 g/mol. The van der Waals surface area contributed by atoms with Gasteiger partial charge in [-0.2, -0.15) is 4.98 Å². The van der Waals surface area contributed by atoms with Crippen LogP contribution in [0.4, 0.5) is 5.95 Å². The Balaban J connectivity index is 2.18. The zero-order chi connectivity index (χ0) is 15.9. The molecule has 22 heavy (non-hydrogen) atoms. The van der Waals surface area contributed by atoms with E-state index in [-0.39, 0.29) is 24.4 Å². The standard InChI is InChI=1S/C14H15N4O4/c1-2-3-7-5-18(10-4-8(20)9(6-19)22-10)12-11(7)13(21)17-14(15)16-12/h5,8-10,19-20H,1,4,6H2,(H3,15,16,17,21)/t8-,9+,10+/m0/s1. The Hall–Kier alpha value is -2.34. The molecule has 0 bridgehead atoms. The van der Waals surface area contributed by atoms with Gasteiger partial charge >= 0.3 is 0 Å². The molecule has 2 aromatic rings. The average Bonchev–Trinajstić information content (AvgIpc) is 3.00. The maximum atomic E-state index is 12.1. The third-order valence-corrected chi connectivity index (χ3v) is 3.63. The van der Waals surface area contributed by atoms with E-state index in [1.54, 1.807) is 10.8 Å². The summed E-state index contributed by atoms with van der Waals surface area (Å²) in [6.07, 6.45) is -0.112. The number of hydrogen-bond donors (Lipinski definition) is 4. The predicted octanol–water partition coefficient (Wildman–Crippen LogP) is -0.867. The number of fused-ring (bicyclic) bond motifs is 1. The molecular formula is C14H15N4O4. The number of H-pyrrole nitrogens is 1. The lowest BCUT2D eigenvalue weighted by molar-refractivity contribution is -0.0430. The van der Waals surface area contributed by atoms with Crippen LogP contribution in [0.1, 0.15) is 18.2 Å². The number of aromatic amines is 1. The summed E-state index contributed by atoms with van der Waals surface area (Å²) in [5, 5.41) is 19.3. The van der Waals surface area contributed by atoms with E-state index in [1.807, 2.05) is 0 Å². The van der Waals surface area contributed by atoms with Gasteiger partial charge in [0, 0.05) is 19.5 Å². The lowest BCUT2D eigenvalue weighted by Gasteiger charge is -2.14. The highest BCUT2D eigenvalue weighted by Crippen LogP contribution is 2.32. The number of anilines is 1. The van der Waals surface area contributed by atoms with Crippen molar-refractivity contribution >= 4 is 17.0 Å². The van der Waals surface area contributed by atoms with Crippen molar-refractivity contribution < 1.29 is 14.9 Å². The SMILES string of the molecule is [CH2]C#Cc1cn([C@H]2C[C@H](O)[C@@H](CO)O2)c2[nH]c(N)nc(=O)c12. The van der Waals surface area contributed by atoms with Crippen LogP contribution in [0.25, 0.3) is 11.0 Å². The van der Waals surface area contributed by atoms with Gasteiger partial charge < -0.3 is 30.2 Å². The number of ether oxygens (including phenoxy) is 1. The molecule has 5 N–H and O–H groups in total. The fourth-order valence-corrected chi connectivity index (χ4v) is 2.65. The number of hydrogen-bond acceptors (Lipinski definition) is 6. The Bertz CT molecular complexity index is 829. The highest BCUT2D eigenvalue weighted by atomic mass is 16.5. The lowest BCUT2D eigenvalue weighted by atomic mass is 10.2. The van der Waals surface area contributed by atoms with E-state index in [0.717, 1.165) is 0 Å². The largest absolute Gasteiger partial charge is 0.394 e. The van der Waals surface area contributed by atoms with Crippen molar-refractivity contribution in [3.8, 4) is 11.8 Å². The van der Waals surface area contributed by atoms with Gasteiger partial charge in [0.05, 0.1) is 23.7 Å². The summed E-state index contributed by atoms with van der Waals surface area (Å²) in [5.41, 5.74) is 5.95. The van der Waals surface area contributed by atoms with Crippen molar-refractivity contribution in [1.29, 1.82) is 0 Å². The second-order valence-corrected chi connectivity index (χ2v) is 5.02. The zero-order valence-electron chi connectivity index (χ0n) is 11.6. The predicted molar refractivity (Wildman–Crippen MR) is 78.6 cm³/mol. The first-order valence-electron chi connectivity index (χ1n) is 6.68. The minimum Gasteiger partial charge on any atom is -0.394 e. The van der Waals surface area contributed by atoms with E-state index in [0.29, 0.717) is 11.2 Å². The Morgan fingerprint density at radius 2 is 2.41 bits per heavy atom. The normalized spacial score (nSPS) is 24.4. The maximum absolute atomic E-state index is 12.1. The minimum absolute atomic E-state index is 0.0248. The number of aliphatic hydroxyl groups is 2. The molecule has 1 saturated heterocycles. The molecule has 2 aromatic heterocycles. The first kappa shape index (κ1) is 14.6. The van der Waals surface area contributed by atoms with Crippen LogP contribution in [0.5, 0.6) is 0 Å². The Kier molecular flexibility index (Phi) is 3.62. The number of nitrogens with one attached hydrogen (secondary N) is 1. The summed E-state index contributed by atoms with van der Waals surface area (Å²) in [6, 6.07) is 0. The third kappa shape index (κ3) is 2.25. The van der Waals surface area contributed by atoms with Gasteiger partial charge in [-0.25, -0.2) is 0 Å². The Morgan fingerprint density at radius 3 is 3.05 bits per heavy atom. The smallest absolute Gasteiger partial charge is 0.285 e. The van der Waals surface area contributed by atoms with E-state index in [9.17, 15) is 15.0 Å². The van der Waals surface area contributed by atoms with Crippen LogP contribution < -0.4 is 11.3 Å². The number of nitrogens with zero attached hydrogens (tertiary/aromatic N) is 2. The maximum Gasteiger partial charge on any atom is 0.285 e. The number of rotatable bonds is 2. The third-order valence-electron chi connectivity index (χ3n) is 3.63. The van der Waals surface area contributed by atoms with Crippen molar-refractivity contribution in [2.24, 2.45) is 0 Å². The van der Waals surface area contributed by atoms with Gasteiger partial charge in [-0.05, 0) is 0 Å². The topological polar surface area (TPSA) is 126 Å². The van der Waals surface area contributed by atoms with Crippen molar-refractivity contribution in [2.45, 2.75) is 24.9 Å². The quantitative estimate of drug-likeness (QED) is 0.534. The summed E-state index contributed by atoms with van der Waals surface area (Å²) < 4.78 is 7.24. The number of nitrogen functional groups attached to an aromatic ring is 1. The molecule has 0 amide bonds. The Labute approximate surface area is 125 Å². The first-order valence-corrected chi connectivity index (χ1v) is 6.68. The molecule has 8 heteroatoms. The molecule has 1 aliphatic heterocycles. The summed E-state index contributed by atoms with van der Waals surface area (Å²) in [5.74, 6) is 5.21. The molecule has 3 rings (SSSR count). The summed E-state index contributed by atoms with van der Waals surface area (Å²) in [6.45, 7) is 3.16. The van der Waals surface area contributed by atoms with Gasteiger partial charge in [-0.3, -0.25) is 4.79 Å². The van der Waals surface area contributed by atoms with E-state index < -0.39 is 24.0 Å². The summed E-state index contributed by atoms with van der Waals surface area (Å²) in [7, 11) is 0. The van der Waals surface area contributed by atoms with Crippen LogP contribution in [0.15, 0.2) is 11.0 Å². The van der Waals surface area contributed by atoms with E-state index in [4.69, 9.17) is 10.5 Å². The van der Waals surface area contributed by atoms with E-state index in [1.165, 1.54) is 0 Å². The van der Waals surface area contributed by atoms with Crippen LogP contribution in [0, 0.1) is 18.8 Å². The molecule has 0 saturated carbocycles. The minimum atomic E-state index is -0.791. The molecule has 0 spiro atoms. The Morgan fingerprint density at radius 1 is 1.64 bits per heavy atom. The van der Waals surface area contributed by atoms with Crippen molar-refractivity contribution in [3.05, 3.63) is 29.0 Å². The fourth-order valence-electron chi connectivity index (χ4n) is 2.65. The van der Waals surface area contributed by atoms with Crippen molar-refractivity contribution in [1.82, 2.24) is 14.5 Å². The highest BCUT2D eigenvalue weighted by Gasteiger charge is 2.35.